The van der Waals surface area contributed by atoms with Crippen molar-refractivity contribution in [2.45, 2.75) is 46.7 Å². The number of nitrogens with zero attached hydrogens (tertiary/aromatic N) is 3. The molecule has 1 saturated heterocycles. The number of nitrogens with one attached hydrogen (secondary N) is 2. The summed E-state index contributed by atoms with van der Waals surface area (Å²) in [4.78, 5) is 19.6. The van der Waals surface area contributed by atoms with Crippen LogP contribution in [-0.2, 0) is 4.79 Å². The highest BCUT2D eigenvalue weighted by molar-refractivity contribution is 7.80. The highest BCUT2D eigenvalue weighted by Gasteiger charge is 2.42. The third kappa shape index (κ3) is 5.16. The smallest absolute Gasteiger partial charge is 0.231 e. The number of hydrogen-bond donors (Lipinski definition) is 2. The summed E-state index contributed by atoms with van der Waals surface area (Å²) in [6.45, 7) is 10.1. The molecule has 6 rings (SSSR count). The number of rotatable bonds is 6. The molecule has 0 radical (unpaired) electrons. The molecule has 0 unspecified atom stereocenters. The summed E-state index contributed by atoms with van der Waals surface area (Å²) in [5.41, 5.74) is 5.99. The summed E-state index contributed by atoms with van der Waals surface area (Å²) in [5, 5.41) is 7.11. The van der Waals surface area contributed by atoms with E-state index in [1.54, 1.807) is 13.3 Å². The van der Waals surface area contributed by atoms with Gasteiger partial charge in [0.15, 0.2) is 16.6 Å². The molecule has 2 aliphatic heterocycles. The Bertz CT molecular complexity index is 1710. The molecule has 1 fully saturated rings. The van der Waals surface area contributed by atoms with E-state index in [9.17, 15) is 4.79 Å². The normalized spacial score (nSPS) is 17.6. The molecule has 2 atom stereocenters. The van der Waals surface area contributed by atoms with Crippen LogP contribution < -0.4 is 29.7 Å². The van der Waals surface area contributed by atoms with E-state index in [0.717, 1.165) is 45.5 Å². The Balaban J connectivity index is 1.45. The number of thiocarbonyl (C=S) groups is 1. The van der Waals surface area contributed by atoms with Crippen molar-refractivity contribution >= 4 is 34.6 Å². The van der Waals surface area contributed by atoms with Gasteiger partial charge in [0, 0.05) is 46.5 Å². The zero-order valence-corrected chi connectivity index (χ0v) is 25.9. The van der Waals surface area contributed by atoms with Crippen molar-refractivity contribution < 1.29 is 19.0 Å². The molecule has 9 nitrogen and oxygen atoms in total. The molecule has 2 N–H and O–H groups in total. The Labute approximate surface area is 256 Å². The highest BCUT2D eigenvalue weighted by atomic mass is 32.1. The molecule has 43 heavy (non-hydrogen) atoms. The Morgan fingerprint density at radius 3 is 2.53 bits per heavy atom. The fraction of sp³-hybridized carbons (Fsp3) is 0.303. The van der Waals surface area contributed by atoms with E-state index in [0.29, 0.717) is 16.5 Å². The molecule has 0 aliphatic carbocycles. The Hall–Kier alpha value is -4.57. The highest BCUT2D eigenvalue weighted by Crippen LogP contribution is 2.45. The number of carbonyl (C=O) groups is 1. The molecular formula is C33H35N5O4S. The molecule has 0 spiro atoms. The molecule has 4 aromatic rings. The molecule has 0 bridgehead atoms. The fourth-order valence-electron chi connectivity index (χ4n) is 5.70. The van der Waals surface area contributed by atoms with E-state index < -0.39 is 5.41 Å². The molecule has 2 aromatic heterocycles. The van der Waals surface area contributed by atoms with Gasteiger partial charge >= 0.3 is 0 Å². The Kier molecular flexibility index (Phi) is 7.25. The van der Waals surface area contributed by atoms with Crippen molar-refractivity contribution in [2.24, 2.45) is 5.41 Å². The second-order valence-electron chi connectivity index (χ2n) is 11.8. The van der Waals surface area contributed by atoms with Gasteiger partial charge in [-0.25, -0.2) is 0 Å². The van der Waals surface area contributed by atoms with Crippen molar-refractivity contribution in [1.29, 1.82) is 0 Å². The summed E-state index contributed by atoms with van der Waals surface area (Å²) in [6.07, 6.45) is 1.80. The summed E-state index contributed by atoms with van der Waals surface area (Å²) < 4.78 is 19.2. The average molecular weight is 598 g/mol. The number of benzene rings is 2. The number of methoxy groups -OCH3 is 1. The first kappa shape index (κ1) is 28.5. The van der Waals surface area contributed by atoms with Gasteiger partial charge < -0.3 is 34.3 Å². The number of fused-ring (bicyclic) bond motifs is 1. The lowest BCUT2D eigenvalue weighted by molar-refractivity contribution is -0.123. The summed E-state index contributed by atoms with van der Waals surface area (Å²) >= 11 is 5.98. The first-order chi connectivity index (χ1) is 20.6. The number of ether oxygens (including phenoxy) is 3. The lowest BCUT2D eigenvalue weighted by atomic mass is 9.95. The predicted octanol–water partition coefficient (Wildman–Crippen LogP) is 6.39. The minimum Gasteiger partial charge on any atom is -0.494 e. The molecule has 2 aliphatic rings. The quantitative estimate of drug-likeness (QED) is 0.247. The average Bonchev–Trinajstić information content (AvgIpc) is 3.67. The van der Waals surface area contributed by atoms with E-state index in [-0.39, 0.29) is 24.8 Å². The number of aryl methyl sites for hydroxylation is 1. The number of pyridine rings is 1. The molecule has 222 valence electrons. The van der Waals surface area contributed by atoms with Crippen LogP contribution in [0.3, 0.4) is 0 Å². The number of hydrogen-bond acceptors (Lipinski definition) is 6. The standard InChI is InChI=1S/C33H35N5O4S/c1-19-15-23(20(2)37(19)21-11-13-26-28(17-21)42-18-41-26)30-29(25-9-7-8-14-34-25)36-32(43)38(30)22-10-12-24(27(16-22)40-6)35-31(39)33(3,4)5/h7-17,29-30H,18H2,1-6H3,(H,35,39)(H,36,43)/t29-,30-/m0/s1. The van der Waals surface area contributed by atoms with Crippen LogP contribution in [0.5, 0.6) is 17.2 Å². The summed E-state index contributed by atoms with van der Waals surface area (Å²) in [5.74, 6) is 1.92. The van der Waals surface area contributed by atoms with Gasteiger partial charge in [0.1, 0.15) is 5.75 Å². The van der Waals surface area contributed by atoms with Gasteiger partial charge in [-0.05, 0) is 74.1 Å². The van der Waals surface area contributed by atoms with E-state index in [2.05, 4.69) is 40.0 Å². The van der Waals surface area contributed by atoms with Crippen LogP contribution >= 0.6 is 12.2 Å². The zero-order chi connectivity index (χ0) is 30.5. The lowest BCUT2D eigenvalue weighted by Gasteiger charge is -2.29. The molecule has 10 heteroatoms. The SMILES string of the molecule is COc1cc(N2C(=S)N[C@@H](c3ccccn3)[C@@H]2c2cc(C)n(-c3ccc4c(c3)OCO4)c2C)ccc1NC(=O)C(C)(C)C. The van der Waals surface area contributed by atoms with E-state index in [4.69, 9.17) is 31.4 Å². The van der Waals surface area contributed by atoms with Crippen LogP contribution in [0.4, 0.5) is 11.4 Å². The third-order valence-corrected chi connectivity index (χ3v) is 8.21. The largest absolute Gasteiger partial charge is 0.494 e. The number of amides is 1. The fourth-order valence-corrected chi connectivity index (χ4v) is 6.05. The van der Waals surface area contributed by atoms with Gasteiger partial charge in [-0.15, -0.1) is 0 Å². The van der Waals surface area contributed by atoms with Crippen LogP contribution in [0.1, 0.15) is 55.5 Å². The first-order valence-electron chi connectivity index (χ1n) is 14.2. The maximum absolute atomic E-state index is 12.8. The van der Waals surface area contributed by atoms with Crippen LogP contribution in [0, 0.1) is 19.3 Å². The number of carbonyl (C=O) groups excluding carboxylic acids is 1. The van der Waals surface area contributed by atoms with Crippen molar-refractivity contribution in [3.63, 3.8) is 0 Å². The van der Waals surface area contributed by atoms with Crippen LogP contribution in [0.25, 0.3) is 5.69 Å². The van der Waals surface area contributed by atoms with Crippen LogP contribution in [-0.4, -0.2) is 34.5 Å². The zero-order valence-electron chi connectivity index (χ0n) is 25.1. The lowest BCUT2D eigenvalue weighted by Crippen LogP contribution is -2.30. The van der Waals surface area contributed by atoms with E-state index in [1.807, 2.05) is 75.4 Å². The third-order valence-electron chi connectivity index (χ3n) is 7.89. The monoisotopic (exact) mass is 597 g/mol. The molecule has 1 amide bonds. The van der Waals surface area contributed by atoms with Gasteiger partial charge in [0.2, 0.25) is 12.7 Å². The maximum atomic E-state index is 12.8. The van der Waals surface area contributed by atoms with Gasteiger partial charge in [-0.1, -0.05) is 26.8 Å². The minimum atomic E-state index is -0.550. The topological polar surface area (TPSA) is 89.9 Å². The number of anilines is 2. The maximum Gasteiger partial charge on any atom is 0.231 e. The molecule has 4 heterocycles. The van der Waals surface area contributed by atoms with Crippen molar-refractivity contribution in [3.8, 4) is 22.9 Å². The minimum absolute atomic E-state index is 0.0963. The second-order valence-corrected chi connectivity index (χ2v) is 12.2. The van der Waals surface area contributed by atoms with Crippen molar-refractivity contribution in [1.82, 2.24) is 14.9 Å². The van der Waals surface area contributed by atoms with E-state index in [1.165, 1.54) is 0 Å². The van der Waals surface area contributed by atoms with Crippen LogP contribution in [0.2, 0.25) is 0 Å². The van der Waals surface area contributed by atoms with Gasteiger partial charge in [-0.2, -0.15) is 0 Å². The van der Waals surface area contributed by atoms with Crippen molar-refractivity contribution in [2.75, 3.05) is 24.1 Å². The first-order valence-corrected chi connectivity index (χ1v) is 14.6. The van der Waals surface area contributed by atoms with Crippen molar-refractivity contribution in [3.05, 3.63) is 89.5 Å². The van der Waals surface area contributed by atoms with Gasteiger partial charge in [0.25, 0.3) is 0 Å². The Morgan fingerprint density at radius 2 is 1.81 bits per heavy atom. The second kappa shape index (κ2) is 10.9. The van der Waals surface area contributed by atoms with Gasteiger partial charge in [-0.3, -0.25) is 9.78 Å². The number of aromatic nitrogens is 2. The Morgan fingerprint density at radius 1 is 1.05 bits per heavy atom. The molecular weight excluding hydrogens is 562 g/mol. The predicted molar refractivity (Wildman–Crippen MR) is 170 cm³/mol. The summed E-state index contributed by atoms with van der Waals surface area (Å²) in [6, 6.07) is 19.4. The molecule has 2 aromatic carbocycles. The van der Waals surface area contributed by atoms with Gasteiger partial charge in [0.05, 0.1) is 30.6 Å². The molecule has 0 saturated carbocycles. The summed E-state index contributed by atoms with van der Waals surface area (Å²) in [7, 11) is 1.60. The van der Waals surface area contributed by atoms with Crippen LogP contribution in [0.15, 0.2) is 66.9 Å². The van der Waals surface area contributed by atoms with E-state index >= 15 is 0 Å².